The van der Waals surface area contributed by atoms with E-state index < -0.39 is 18.6 Å². The highest BCUT2D eigenvalue weighted by Crippen LogP contribution is 2.24. The molecule has 8 heteroatoms. The first kappa shape index (κ1) is 17.9. The number of hydrogen-bond donors (Lipinski definition) is 1. The van der Waals surface area contributed by atoms with Gasteiger partial charge in [0.2, 0.25) is 0 Å². The number of carboxylic acids is 1. The van der Waals surface area contributed by atoms with E-state index in [4.69, 9.17) is 21.4 Å². The van der Waals surface area contributed by atoms with Crippen LogP contribution in [-0.2, 0) is 0 Å². The fourth-order valence-corrected chi connectivity index (χ4v) is 1.42. The van der Waals surface area contributed by atoms with Gasteiger partial charge < -0.3 is 9.84 Å². The number of ether oxygens (including phenoxy) is 1. The van der Waals surface area contributed by atoms with E-state index in [1.807, 2.05) is 0 Å². The number of alkyl halides is 3. The quantitative estimate of drug-likeness (QED) is 0.828. The van der Waals surface area contributed by atoms with Crippen LogP contribution in [0.2, 0.25) is 5.02 Å². The lowest BCUT2D eigenvalue weighted by Crippen LogP contribution is -2.10. The Morgan fingerprint density at radius 3 is 2.53 bits per heavy atom. The van der Waals surface area contributed by atoms with Gasteiger partial charge in [0.1, 0.15) is 5.75 Å². The molecule has 0 saturated carbocycles. The molecule has 0 aliphatic rings. The summed E-state index contributed by atoms with van der Waals surface area (Å²) in [4.78, 5) is 10.7. The van der Waals surface area contributed by atoms with Gasteiger partial charge in [-0.05, 0) is 24.6 Å². The number of carbonyl (C=O) groups is 1. The summed E-state index contributed by atoms with van der Waals surface area (Å²) in [6.45, 7) is -0.139. The molecule has 0 fully saturated rings. The normalized spacial score (nSPS) is 10.7. The van der Waals surface area contributed by atoms with Gasteiger partial charge in [-0.15, -0.1) is 12.4 Å². The van der Waals surface area contributed by atoms with E-state index in [1.165, 1.54) is 18.2 Å². The topological polar surface area (TPSA) is 46.5 Å². The Bertz CT molecular complexity index is 436. The van der Waals surface area contributed by atoms with Gasteiger partial charge in [-0.2, -0.15) is 13.2 Å². The zero-order chi connectivity index (χ0) is 13.8. The number of hydrogen-bond acceptors (Lipinski definition) is 2. The fourth-order valence-electron chi connectivity index (χ4n) is 1.22. The van der Waals surface area contributed by atoms with Crippen LogP contribution in [0.25, 0.3) is 0 Å². The maximum atomic E-state index is 11.9. The Kier molecular flexibility index (Phi) is 7.00. The lowest BCUT2D eigenvalue weighted by Gasteiger charge is -2.09. The molecule has 1 aromatic rings. The molecule has 19 heavy (non-hydrogen) atoms. The molecule has 1 rings (SSSR count). The first-order valence-electron chi connectivity index (χ1n) is 5.02. The Hall–Kier alpha value is -1.14. The predicted octanol–water partition coefficient (Wildman–Crippen LogP) is 4.18. The largest absolute Gasteiger partial charge is 0.494 e. The zero-order valence-electron chi connectivity index (χ0n) is 9.54. The van der Waals surface area contributed by atoms with Crippen molar-refractivity contribution in [3.63, 3.8) is 0 Å². The minimum Gasteiger partial charge on any atom is -0.494 e. The minimum atomic E-state index is -4.21. The summed E-state index contributed by atoms with van der Waals surface area (Å²) in [7, 11) is 0. The van der Waals surface area contributed by atoms with E-state index in [2.05, 4.69) is 0 Å². The van der Waals surface area contributed by atoms with Gasteiger partial charge in [-0.1, -0.05) is 11.6 Å². The van der Waals surface area contributed by atoms with Gasteiger partial charge in [0.05, 0.1) is 17.2 Å². The first-order chi connectivity index (χ1) is 8.29. The summed E-state index contributed by atoms with van der Waals surface area (Å²) in [5.41, 5.74) is -0.148. The Morgan fingerprint density at radius 2 is 2.00 bits per heavy atom. The lowest BCUT2D eigenvalue weighted by molar-refractivity contribution is -0.136. The molecule has 0 amide bonds. The summed E-state index contributed by atoms with van der Waals surface area (Å²) in [6.07, 6.45) is -5.34. The molecular weight excluding hydrogens is 308 g/mol. The molecule has 0 spiro atoms. The SMILES string of the molecule is Cl.O=C(O)c1cc(OCCCC(F)(F)F)ccc1Cl. The molecule has 0 atom stereocenters. The van der Waals surface area contributed by atoms with E-state index in [-0.39, 0.29) is 41.8 Å². The van der Waals surface area contributed by atoms with Gasteiger partial charge in [-0.25, -0.2) is 4.79 Å². The van der Waals surface area contributed by atoms with Crippen LogP contribution in [-0.4, -0.2) is 23.9 Å². The molecule has 0 aliphatic carbocycles. The van der Waals surface area contributed by atoms with Crippen molar-refractivity contribution in [2.75, 3.05) is 6.61 Å². The van der Waals surface area contributed by atoms with Crippen LogP contribution >= 0.6 is 24.0 Å². The molecule has 108 valence electrons. The third kappa shape index (κ3) is 6.54. The average Bonchev–Trinajstić information content (AvgIpc) is 2.24. The third-order valence-electron chi connectivity index (χ3n) is 2.04. The monoisotopic (exact) mass is 318 g/mol. The molecule has 0 heterocycles. The zero-order valence-corrected chi connectivity index (χ0v) is 11.1. The molecule has 0 bridgehead atoms. The van der Waals surface area contributed by atoms with Gasteiger partial charge in [0.25, 0.3) is 0 Å². The Morgan fingerprint density at radius 1 is 1.37 bits per heavy atom. The second kappa shape index (κ2) is 7.45. The van der Waals surface area contributed by atoms with Crippen molar-refractivity contribution < 1.29 is 27.8 Å². The van der Waals surface area contributed by atoms with Crippen molar-refractivity contribution in [1.29, 1.82) is 0 Å². The van der Waals surface area contributed by atoms with Crippen LogP contribution in [0.3, 0.4) is 0 Å². The van der Waals surface area contributed by atoms with Crippen LogP contribution in [0.4, 0.5) is 13.2 Å². The van der Waals surface area contributed by atoms with Crippen molar-refractivity contribution >= 4 is 30.0 Å². The molecule has 0 saturated heterocycles. The maximum absolute atomic E-state index is 11.9. The smallest absolute Gasteiger partial charge is 0.389 e. The van der Waals surface area contributed by atoms with E-state index in [1.54, 1.807) is 0 Å². The van der Waals surface area contributed by atoms with Crippen molar-refractivity contribution in [2.24, 2.45) is 0 Å². The van der Waals surface area contributed by atoms with Crippen LogP contribution in [0, 0.1) is 0 Å². The van der Waals surface area contributed by atoms with E-state index in [0.717, 1.165) is 0 Å². The lowest BCUT2D eigenvalue weighted by atomic mass is 10.2. The number of carboxylic acid groups (broad SMARTS) is 1. The first-order valence-corrected chi connectivity index (χ1v) is 5.40. The molecule has 0 radical (unpaired) electrons. The van der Waals surface area contributed by atoms with Gasteiger partial charge in [-0.3, -0.25) is 0 Å². The summed E-state index contributed by atoms with van der Waals surface area (Å²) in [5, 5.41) is 8.83. The fraction of sp³-hybridized carbons (Fsp3) is 0.364. The number of benzene rings is 1. The summed E-state index contributed by atoms with van der Waals surface area (Å²) >= 11 is 5.63. The van der Waals surface area contributed by atoms with Crippen molar-refractivity contribution in [3.05, 3.63) is 28.8 Å². The molecular formula is C11H11Cl2F3O3. The Balaban J connectivity index is 0.00000324. The summed E-state index contributed by atoms with van der Waals surface area (Å²) in [5.74, 6) is -1.04. The predicted molar refractivity (Wildman–Crippen MR) is 66.4 cm³/mol. The average molecular weight is 319 g/mol. The minimum absolute atomic E-state index is 0. The van der Waals surface area contributed by atoms with Crippen molar-refractivity contribution in [2.45, 2.75) is 19.0 Å². The molecule has 3 nitrogen and oxygen atoms in total. The summed E-state index contributed by atoms with van der Waals surface area (Å²) < 4.78 is 40.6. The number of halogens is 5. The standard InChI is InChI=1S/C11H10ClF3O3.ClH/c12-9-3-2-7(6-8(9)10(16)17)18-5-1-4-11(13,14)15;/h2-3,6H,1,4-5H2,(H,16,17);1H. The molecule has 1 aromatic carbocycles. The van der Waals surface area contributed by atoms with Crippen LogP contribution in [0.15, 0.2) is 18.2 Å². The van der Waals surface area contributed by atoms with E-state index in [9.17, 15) is 18.0 Å². The molecule has 1 N–H and O–H groups in total. The van der Waals surface area contributed by atoms with Gasteiger partial charge in [0, 0.05) is 6.42 Å². The number of aromatic carboxylic acids is 1. The second-order valence-electron chi connectivity index (χ2n) is 3.51. The summed E-state index contributed by atoms with van der Waals surface area (Å²) in [6, 6.07) is 3.91. The Labute approximate surface area is 118 Å². The highest BCUT2D eigenvalue weighted by atomic mass is 35.5. The highest BCUT2D eigenvalue weighted by molar-refractivity contribution is 6.33. The van der Waals surface area contributed by atoms with Gasteiger partial charge >= 0.3 is 12.1 Å². The van der Waals surface area contributed by atoms with Crippen molar-refractivity contribution in [1.82, 2.24) is 0 Å². The van der Waals surface area contributed by atoms with E-state index >= 15 is 0 Å². The second-order valence-corrected chi connectivity index (χ2v) is 3.92. The van der Waals surface area contributed by atoms with Crippen molar-refractivity contribution in [3.8, 4) is 5.75 Å². The molecule has 0 aromatic heterocycles. The highest BCUT2D eigenvalue weighted by Gasteiger charge is 2.26. The third-order valence-corrected chi connectivity index (χ3v) is 2.37. The van der Waals surface area contributed by atoms with Gasteiger partial charge in [0.15, 0.2) is 0 Å². The van der Waals surface area contributed by atoms with Crippen LogP contribution in [0.5, 0.6) is 5.75 Å². The molecule has 0 unspecified atom stereocenters. The van der Waals surface area contributed by atoms with Crippen LogP contribution in [0.1, 0.15) is 23.2 Å². The van der Waals surface area contributed by atoms with E-state index in [0.29, 0.717) is 0 Å². The maximum Gasteiger partial charge on any atom is 0.389 e. The molecule has 0 aliphatic heterocycles. The van der Waals surface area contributed by atoms with Crippen LogP contribution < -0.4 is 4.74 Å². The number of rotatable bonds is 5.